The van der Waals surface area contributed by atoms with Crippen molar-refractivity contribution in [2.75, 3.05) is 37.0 Å². The molecule has 1 aliphatic rings. The molecule has 2 heterocycles. The second kappa shape index (κ2) is 6.01. The highest BCUT2D eigenvalue weighted by Gasteiger charge is 2.22. The Labute approximate surface area is 109 Å². The van der Waals surface area contributed by atoms with E-state index in [2.05, 4.69) is 22.5 Å². The molecule has 96 valence electrons. The normalized spacial score (nSPS) is 20.3. The molecule has 1 fully saturated rings. The zero-order chi connectivity index (χ0) is 12.3. The van der Waals surface area contributed by atoms with Crippen LogP contribution in [0.3, 0.4) is 0 Å². The number of aromatic nitrogens is 1. The lowest BCUT2D eigenvalue weighted by atomic mass is 10.2. The van der Waals surface area contributed by atoms with E-state index in [1.807, 2.05) is 0 Å². The van der Waals surface area contributed by atoms with E-state index in [0.29, 0.717) is 18.9 Å². The lowest BCUT2D eigenvalue weighted by Gasteiger charge is -2.26. The first kappa shape index (κ1) is 13.1. The standard InChI is InChI=1S/C10H16N2O3S2/c13-8(5-16)9(14)7-6-17-10(11-7)12-1-3-15-4-2-12/h6,8-9,13-14,16H,1-5H2. The molecule has 0 bridgehead atoms. The molecular formula is C10H16N2O3S2. The SMILES string of the molecule is OC(CS)C(O)c1csc(N2CCOCC2)n1. The summed E-state index contributed by atoms with van der Waals surface area (Å²) in [6.45, 7) is 3.05. The monoisotopic (exact) mass is 276 g/mol. The van der Waals surface area contributed by atoms with Gasteiger partial charge < -0.3 is 19.8 Å². The van der Waals surface area contributed by atoms with Crippen LogP contribution in [0.15, 0.2) is 5.38 Å². The fourth-order valence-corrected chi connectivity index (χ4v) is 2.72. The third-order valence-corrected chi connectivity index (χ3v) is 3.94. The van der Waals surface area contributed by atoms with E-state index in [-0.39, 0.29) is 5.75 Å². The van der Waals surface area contributed by atoms with Crippen LogP contribution in [-0.4, -0.2) is 53.4 Å². The second-order valence-corrected chi connectivity index (χ2v) is 5.05. The number of thiol groups is 1. The lowest BCUT2D eigenvalue weighted by Crippen LogP contribution is -2.36. The first-order chi connectivity index (χ1) is 8.22. The van der Waals surface area contributed by atoms with Crippen molar-refractivity contribution < 1.29 is 14.9 Å². The molecule has 7 heteroatoms. The number of rotatable bonds is 4. The highest BCUT2D eigenvalue weighted by atomic mass is 32.1. The van der Waals surface area contributed by atoms with Crippen LogP contribution >= 0.6 is 24.0 Å². The first-order valence-electron chi connectivity index (χ1n) is 5.47. The van der Waals surface area contributed by atoms with E-state index >= 15 is 0 Å². The highest BCUT2D eigenvalue weighted by molar-refractivity contribution is 7.80. The Kier molecular flexibility index (Phi) is 4.63. The summed E-state index contributed by atoms with van der Waals surface area (Å²) in [7, 11) is 0. The number of ether oxygens (including phenoxy) is 1. The molecule has 1 aliphatic heterocycles. The molecule has 0 aromatic carbocycles. The minimum Gasteiger partial charge on any atom is -0.389 e. The summed E-state index contributed by atoms with van der Waals surface area (Å²) < 4.78 is 5.27. The summed E-state index contributed by atoms with van der Waals surface area (Å²) in [6, 6.07) is 0. The van der Waals surface area contributed by atoms with Crippen molar-refractivity contribution in [3.05, 3.63) is 11.1 Å². The maximum absolute atomic E-state index is 9.80. The Morgan fingerprint density at radius 3 is 2.82 bits per heavy atom. The van der Waals surface area contributed by atoms with Crippen molar-refractivity contribution in [2.45, 2.75) is 12.2 Å². The summed E-state index contributed by atoms with van der Waals surface area (Å²) in [5.74, 6) is 0.214. The summed E-state index contributed by atoms with van der Waals surface area (Å²) in [4.78, 5) is 6.47. The van der Waals surface area contributed by atoms with Gasteiger partial charge in [-0.2, -0.15) is 12.6 Å². The van der Waals surface area contributed by atoms with Crippen molar-refractivity contribution in [3.8, 4) is 0 Å². The number of aliphatic hydroxyl groups is 2. The molecule has 17 heavy (non-hydrogen) atoms. The van der Waals surface area contributed by atoms with Crippen LogP contribution in [0.25, 0.3) is 0 Å². The van der Waals surface area contributed by atoms with E-state index in [1.54, 1.807) is 5.38 Å². The quantitative estimate of drug-likeness (QED) is 0.691. The van der Waals surface area contributed by atoms with Gasteiger partial charge in [-0.1, -0.05) is 0 Å². The van der Waals surface area contributed by atoms with E-state index in [0.717, 1.165) is 18.2 Å². The number of thiazole rings is 1. The zero-order valence-electron chi connectivity index (χ0n) is 9.32. The van der Waals surface area contributed by atoms with Gasteiger partial charge in [-0.25, -0.2) is 4.98 Å². The van der Waals surface area contributed by atoms with Crippen molar-refractivity contribution in [2.24, 2.45) is 0 Å². The summed E-state index contributed by atoms with van der Waals surface area (Å²) in [5, 5.41) is 22.0. The van der Waals surface area contributed by atoms with Gasteiger partial charge in [-0.05, 0) is 0 Å². The van der Waals surface area contributed by atoms with E-state index in [9.17, 15) is 10.2 Å². The van der Waals surface area contributed by atoms with Gasteiger partial charge in [-0.3, -0.25) is 0 Å². The molecule has 0 amide bonds. The summed E-state index contributed by atoms with van der Waals surface area (Å²) in [6.07, 6.45) is -1.84. The van der Waals surface area contributed by atoms with Gasteiger partial charge in [0.05, 0.1) is 25.0 Å². The maximum Gasteiger partial charge on any atom is 0.185 e. The van der Waals surface area contributed by atoms with Crippen molar-refractivity contribution in [1.82, 2.24) is 4.98 Å². The van der Waals surface area contributed by atoms with Crippen LogP contribution in [0.1, 0.15) is 11.8 Å². The van der Waals surface area contributed by atoms with E-state index in [1.165, 1.54) is 11.3 Å². The van der Waals surface area contributed by atoms with Gasteiger partial charge in [0.1, 0.15) is 6.10 Å². The van der Waals surface area contributed by atoms with Crippen LogP contribution in [0.2, 0.25) is 0 Å². The average molecular weight is 276 g/mol. The number of morpholine rings is 1. The van der Waals surface area contributed by atoms with E-state index < -0.39 is 12.2 Å². The number of aliphatic hydroxyl groups excluding tert-OH is 2. The third kappa shape index (κ3) is 3.11. The Morgan fingerprint density at radius 2 is 2.18 bits per heavy atom. The van der Waals surface area contributed by atoms with Crippen LogP contribution in [0.4, 0.5) is 5.13 Å². The molecule has 1 aromatic heterocycles. The van der Waals surface area contributed by atoms with Gasteiger partial charge in [0.25, 0.3) is 0 Å². The molecule has 2 N–H and O–H groups in total. The zero-order valence-corrected chi connectivity index (χ0v) is 11.0. The Hall–Kier alpha value is -0.340. The van der Waals surface area contributed by atoms with Crippen molar-refractivity contribution >= 4 is 29.1 Å². The summed E-state index contributed by atoms with van der Waals surface area (Å²) >= 11 is 5.43. The number of hydrogen-bond donors (Lipinski definition) is 3. The smallest absolute Gasteiger partial charge is 0.185 e. The molecule has 1 saturated heterocycles. The molecular weight excluding hydrogens is 260 g/mol. The van der Waals surface area contributed by atoms with Gasteiger partial charge in [0.2, 0.25) is 0 Å². The molecule has 2 atom stereocenters. The first-order valence-corrected chi connectivity index (χ1v) is 6.98. The fraction of sp³-hybridized carbons (Fsp3) is 0.700. The minimum absolute atomic E-state index is 0.214. The predicted molar refractivity (Wildman–Crippen MR) is 70.0 cm³/mol. The number of nitrogens with zero attached hydrogens (tertiary/aromatic N) is 2. The Bertz CT molecular complexity index is 339. The fourth-order valence-electron chi connectivity index (χ4n) is 1.61. The van der Waals surface area contributed by atoms with Crippen LogP contribution in [0, 0.1) is 0 Å². The van der Waals surface area contributed by atoms with E-state index in [4.69, 9.17) is 4.74 Å². The molecule has 1 aromatic rings. The lowest BCUT2D eigenvalue weighted by molar-refractivity contribution is 0.0314. The third-order valence-electron chi connectivity index (χ3n) is 2.65. The van der Waals surface area contributed by atoms with Gasteiger partial charge >= 0.3 is 0 Å². The van der Waals surface area contributed by atoms with Crippen LogP contribution in [-0.2, 0) is 4.74 Å². The highest BCUT2D eigenvalue weighted by Crippen LogP contribution is 2.26. The topological polar surface area (TPSA) is 65.8 Å². The molecule has 0 saturated carbocycles. The molecule has 0 spiro atoms. The number of anilines is 1. The van der Waals surface area contributed by atoms with Crippen LogP contribution in [0.5, 0.6) is 0 Å². The molecule has 0 aliphatic carbocycles. The van der Waals surface area contributed by atoms with Crippen molar-refractivity contribution in [1.29, 1.82) is 0 Å². The molecule has 2 rings (SSSR count). The second-order valence-electron chi connectivity index (χ2n) is 3.85. The largest absolute Gasteiger partial charge is 0.389 e. The number of hydrogen-bond acceptors (Lipinski definition) is 7. The maximum atomic E-state index is 9.80. The average Bonchev–Trinajstić information content (AvgIpc) is 2.87. The molecule has 0 radical (unpaired) electrons. The van der Waals surface area contributed by atoms with Gasteiger partial charge in [-0.15, -0.1) is 11.3 Å². The van der Waals surface area contributed by atoms with Crippen LogP contribution < -0.4 is 4.90 Å². The molecule has 5 nitrogen and oxygen atoms in total. The minimum atomic E-state index is -0.960. The van der Waals surface area contributed by atoms with Gasteiger partial charge in [0.15, 0.2) is 5.13 Å². The predicted octanol–water partition coefficient (Wildman–Crippen LogP) is 0.304. The molecule has 2 unspecified atom stereocenters. The van der Waals surface area contributed by atoms with Gasteiger partial charge in [0, 0.05) is 24.2 Å². The Balaban J connectivity index is 2.04. The Morgan fingerprint density at radius 1 is 1.47 bits per heavy atom. The van der Waals surface area contributed by atoms with Crippen molar-refractivity contribution in [3.63, 3.8) is 0 Å². The summed E-state index contributed by atoms with van der Waals surface area (Å²) in [5.41, 5.74) is 0.512.